The van der Waals surface area contributed by atoms with Gasteiger partial charge in [0.1, 0.15) is 0 Å². The molecule has 1 fully saturated rings. The van der Waals surface area contributed by atoms with Crippen molar-refractivity contribution in [2.75, 3.05) is 26.2 Å². The first-order chi connectivity index (χ1) is 9.51. The van der Waals surface area contributed by atoms with Crippen molar-refractivity contribution < 1.29 is 0 Å². The fourth-order valence-electron chi connectivity index (χ4n) is 3.31. The molecule has 0 aromatic heterocycles. The van der Waals surface area contributed by atoms with Crippen LogP contribution in [0, 0.1) is 25.7 Å². The van der Waals surface area contributed by atoms with Crippen LogP contribution in [-0.2, 0) is 0 Å². The third-order valence-electron chi connectivity index (χ3n) is 4.77. The Morgan fingerprint density at radius 2 is 1.85 bits per heavy atom. The largest absolute Gasteiger partial charge is 0.309 e. The maximum atomic E-state index is 3.68. The average Bonchev–Trinajstić information content (AvgIpc) is 2.71. The number of hydrogen-bond donors (Lipinski definition) is 1. The summed E-state index contributed by atoms with van der Waals surface area (Å²) in [5.41, 5.74) is 4.23. The van der Waals surface area contributed by atoms with Crippen LogP contribution in [0.4, 0.5) is 0 Å². The van der Waals surface area contributed by atoms with Gasteiger partial charge in [-0.1, -0.05) is 44.5 Å². The summed E-state index contributed by atoms with van der Waals surface area (Å²) < 4.78 is 0. The molecule has 1 N–H and O–H groups in total. The minimum atomic E-state index is 0.456. The van der Waals surface area contributed by atoms with Crippen molar-refractivity contribution in [2.45, 2.75) is 40.7 Å². The molecule has 0 amide bonds. The summed E-state index contributed by atoms with van der Waals surface area (Å²) >= 11 is 0. The maximum absolute atomic E-state index is 3.68. The number of nitrogens with one attached hydrogen (secondary N) is 1. The zero-order chi connectivity index (χ0) is 14.7. The van der Waals surface area contributed by atoms with Crippen molar-refractivity contribution in [3.05, 3.63) is 34.9 Å². The van der Waals surface area contributed by atoms with Gasteiger partial charge in [0.25, 0.3) is 0 Å². The lowest BCUT2D eigenvalue weighted by atomic mass is 9.98. The number of hydrogen-bond acceptors (Lipinski definition) is 2. The highest BCUT2D eigenvalue weighted by Crippen LogP contribution is 2.26. The molecule has 1 heterocycles. The lowest BCUT2D eigenvalue weighted by Crippen LogP contribution is -2.34. The third-order valence-corrected chi connectivity index (χ3v) is 4.77. The van der Waals surface area contributed by atoms with E-state index in [9.17, 15) is 0 Å². The molecule has 2 nitrogen and oxygen atoms in total. The Bertz CT molecular complexity index is 431. The third kappa shape index (κ3) is 3.62. The van der Waals surface area contributed by atoms with E-state index in [-0.39, 0.29) is 0 Å². The fraction of sp³-hybridized carbons (Fsp3) is 0.667. The second-order valence-corrected chi connectivity index (χ2v) is 6.64. The van der Waals surface area contributed by atoms with Crippen molar-refractivity contribution in [2.24, 2.45) is 11.8 Å². The van der Waals surface area contributed by atoms with Crippen LogP contribution in [0.2, 0.25) is 0 Å². The van der Waals surface area contributed by atoms with E-state index >= 15 is 0 Å². The second kappa shape index (κ2) is 6.73. The highest BCUT2D eigenvalue weighted by atomic mass is 15.2. The monoisotopic (exact) mass is 274 g/mol. The van der Waals surface area contributed by atoms with Crippen LogP contribution in [0.25, 0.3) is 0 Å². The Morgan fingerprint density at radius 3 is 2.45 bits per heavy atom. The summed E-state index contributed by atoms with van der Waals surface area (Å²) in [7, 11) is 0. The number of nitrogens with zero attached hydrogens (tertiary/aromatic N) is 1. The molecule has 0 radical (unpaired) electrons. The van der Waals surface area contributed by atoms with E-state index in [4.69, 9.17) is 0 Å². The normalized spacial score (nSPS) is 25.1. The van der Waals surface area contributed by atoms with Gasteiger partial charge in [-0.15, -0.1) is 0 Å². The van der Waals surface area contributed by atoms with Gasteiger partial charge in [-0.2, -0.15) is 0 Å². The second-order valence-electron chi connectivity index (χ2n) is 6.64. The number of aryl methyl sites for hydroxylation is 2. The van der Waals surface area contributed by atoms with Crippen molar-refractivity contribution >= 4 is 0 Å². The number of rotatable bonds is 5. The smallest absolute Gasteiger partial charge is 0.0451 e. The molecule has 1 aliphatic rings. The van der Waals surface area contributed by atoms with Crippen molar-refractivity contribution in [1.82, 2.24) is 10.2 Å². The first kappa shape index (κ1) is 15.5. The van der Waals surface area contributed by atoms with Crippen LogP contribution in [0.1, 0.15) is 43.5 Å². The van der Waals surface area contributed by atoms with Gasteiger partial charge in [-0.25, -0.2) is 0 Å². The Labute approximate surface area is 124 Å². The zero-order valence-electron chi connectivity index (χ0n) is 13.7. The summed E-state index contributed by atoms with van der Waals surface area (Å²) in [6, 6.07) is 7.27. The van der Waals surface area contributed by atoms with Gasteiger partial charge in [0.2, 0.25) is 0 Å². The SMILES string of the molecule is CCNC(CN1CC(C)C(C)C1)c1cc(C)ccc1C. The molecule has 0 spiro atoms. The standard InChI is InChI=1S/C18H30N2/c1-6-19-18(12-20-10-15(4)16(5)11-20)17-9-13(2)7-8-14(17)3/h7-9,15-16,18-19H,6,10-12H2,1-5H3. The summed E-state index contributed by atoms with van der Waals surface area (Å²) in [5, 5.41) is 3.68. The Morgan fingerprint density at radius 1 is 1.20 bits per heavy atom. The van der Waals surface area contributed by atoms with E-state index in [1.165, 1.54) is 29.8 Å². The number of benzene rings is 1. The highest BCUT2D eigenvalue weighted by Gasteiger charge is 2.28. The van der Waals surface area contributed by atoms with E-state index in [1.807, 2.05) is 0 Å². The Balaban J connectivity index is 2.12. The van der Waals surface area contributed by atoms with Gasteiger partial charge in [0, 0.05) is 25.7 Å². The molecule has 3 atom stereocenters. The van der Waals surface area contributed by atoms with Gasteiger partial charge in [-0.05, 0) is 43.4 Å². The van der Waals surface area contributed by atoms with Crippen molar-refractivity contribution in [3.63, 3.8) is 0 Å². The molecule has 112 valence electrons. The first-order valence-electron chi connectivity index (χ1n) is 8.04. The molecule has 0 aliphatic carbocycles. The van der Waals surface area contributed by atoms with Gasteiger partial charge in [0.05, 0.1) is 0 Å². The molecule has 1 aromatic rings. The molecule has 1 aromatic carbocycles. The van der Waals surface area contributed by atoms with Crippen LogP contribution in [-0.4, -0.2) is 31.1 Å². The zero-order valence-corrected chi connectivity index (χ0v) is 13.7. The van der Waals surface area contributed by atoms with Crippen LogP contribution in [0.15, 0.2) is 18.2 Å². The van der Waals surface area contributed by atoms with Crippen LogP contribution in [0.3, 0.4) is 0 Å². The van der Waals surface area contributed by atoms with E-state index in [1.54, 1.807) is 0 Å². The molecule has 0 saturated carbocycles. The van der Waals surface area contributed by atoms with Crippen molar-refractivity contribution in [3.8, 4) is 0 Å². The van der Waals surface area contributed by atoms with E-state index in [2.05, 4.69) is 63.0 Å². The minimum absolute atomic E-state index is 0.456. The van der Waals surface area contributed by atoms with E-state index in [0.717, 1.165) is 24.9 Å². The predicted molar refractivity (Wildman–Crippen MR) is 87.1 cm³/mol. The molecule has 2 heteroatoms. The summed E-state index contributed by atoms with van der Waals surface area (Å²) in [5.74, 6) is 1.66. The minimum Gasteiger partial charge on any atom is -0.309 e. The lowest BCUT2D eigenvalue weighted by molar-refractivity contribution is 0.282. The summed E-state index contributed by atoms with van der Waals surface area (Å²) in [6.07, 6.45) is 0. The number of likely N-dealkylation sites (N-methyl/N-ethyl adjacent to an activating group) is 1. The average molecular weight is 274 g/mol. The summed E-state index contributed by atoms with van der Waals surface area (Å²) in [6.45, 7) is 16.0. The fourth-order valence-corrected chi connectivity index (χ4v) is 3.31. The van der Waals surface area contributed by atoms with Crippen LogP contribution in [0.5, 0.6) is 0 Å². The molecule has 1 aliphatic heterocycles. The Kier molecular flexibility index (Phi) is 5.22. The highest BCUT2D eigenvalue weighted by molar-refractivity contribution is 5.33. The molecule has 0 bridgehead atoms. The van der Waals surface area contributed by atoms with Crippen LogP contribution >= 0.6 is 0 Å². The van der Waals surface area contributed by atoms with Crippen molar-refractivity contribution in [1.29, 1.82) is 0 Å². The quantitative estimate of drug-likeness (QED) is 0.883. The Hall–Kier alpha value is -0.860. The number of likely N-dealkylation sites (tertiary alicyclic amines) is 1. The van der Waals surface area contributed by atoms with Gasteiger partial charge in [0.15, 0.2) is 0 Å². The van der Waals surface area contributed by atoms with Crippen LogP contribution < -0.4 is 5.32 Å². The summed E-state index contributed by atoms with van der Waals surface area (Å²) in [4.78, 5) is 2.63. The molecule has 3 unspecified atom stereocenters. The van der Waals surface area contributed by atoms with Gasteiger partial charge < -0.3 is 10.2 Å². The first-order valence-corrected chi connectivity index (χ1v) is 8.04. The molecular weight excluding hydrogens is 244 g/mol. The molecule has 20 heavy (non-hydrogen) atoms. The molecule has 1 saturated heterocycles. The van der Waals surface area contributed by atoms with E-state index in [0.29, 0.717) is 6.04 Å². The van der Waals surface area contributed by atoms with E-state index < -0.39 is 0 Å². The molecule has 2 rings (SSSR count). The van der Waals surface area contributed by atoms with Gasteiger partial charge in [-0.3, -0.25) is 0 Å². The maximum Gasteiger partial charge on any atom is 0.0451 e. The topological polar surface area (TPSA) is 15.3 Å². The molecular formula is C18H30N2. The predicted octanol–water partition coefficient (Wildman–Crippen LogP) is 3.54. The van der Waals surface area contributed by atoms with Gasteiger partial charge >= 0.3 is 0 Å². The lowest BCUT2D eigenvalue weighted by Gasteiger charge is -2.26.